The molecule has 1 aliphatic heterocycles. The number of hydrogen-bond acceptors (Lipinski definition) is 4. The number of allylic oxidation sites excluding steroid dienone is 1. The molecule has 2 rings (SSSR count). The highest BCUT2D eigenvalue weighted by Crippen LogP contribution is 2.33. The van der Waals surface area contributed by atoms with Crippen molar-refractivity contribution in [1.82, 2.24) is 5.32 Å². The number of thioether (sulfide) groups is 1. The minimum atomic E-state index is -0.187. The molecule has 7 heteroatoms. The maximum Gasteiger partial charge on any atom is 0.234 e. The normalized spacial score (nSPS) is 17.5. The van der Waals surface area contributed by atoms with Crippen LogP contribution < -0.4 is 10.6 Å². The number of nitrogens with one attached hydrogen (secondary N) is 2. The van der Waals surface area contributed by atoms with Crippen molar-refractivity contribution in [2.24, 2.45) is 11.8 Å². The zero-order chi connectivity index (χ0) is 17.7. The summed E-state index contributed by atoms with van der Waals surface area (Å²) in [6, 6.07) is 9.47. The first-order chi connectivity index (χ1) is 11.4. The number of halogens is 1. The van der Waals surface area contributed by atoms with Gasteiger partial charge in [0.2, 0.25) is 11.8 Å². The molecule has 1 aromatic carbocycles. The fourth-order valence-corrected chi connectivity index (χ4v) is 3.55. The van der Waals surface area contributed by atoms with Gasteiger partial charge in [-0.3, -0.25) is 9.59 Å². The number of anilines is 1. The maximum absolute atomic E-state index is 12.1. The summed E-state index contributed by atoms with van der Waals surface area (Å²) in [7, 11) is 0. The van der Waals surface area contributed by atoms with Gasteiger partial charge in [0.25, 0.3) is 0 Å². The van der Waals surface area contributed by atoms with Crippen molar-refractivity contribution < 1.29 is 9.59 Å². The smallest absolute Gasteiger partial charge is 0.234 e. The average Bonchev–Trinajstić information content (AvgIpc) is 2.54. The fourth-order valence-electron chi connectivity index (χ4n) is 2.40. The van der Waals surface area contributed by atoms with E-state index in [4.69, 9.17) is 0 Å². The molecule has 24 heavy (non-hydrogen) atoms. The number of rotatable bonds is 5. The van der Waals surface area contributed by atoms with Crippen molar-refractivity contribution in [2.75, 3.05) is 11.1 Å². The summed E-state index contributed by atoms with van der Waals surface area (Å²) in [6.45, 7) is 3.98. The molecule has 126 valence electrons. The summed E-state index contributed by atoms with van der Waals surface area (Å²) in [5.41, 5.74) is 1.26. The Hall–Kier alpha value is -1.78. The van der Waals surface area contributed by atoms with Crippen LogP contribution in [0, 0.1) is 23.2 Å². The molecule has 1 aromatic rings. The first-order valence-corrected chi connectivity index (χ1v) is 9.31. The lowest BCUT2D eigenvalue weighted by Crippen LogP contribution is -2.34. The number of carbonyl (C=O) groups is 2. The van der Waals surface area contributed by atoms with Crippen molar-refractivity contribution in [3.8, 4) is 6.07 Å². The summed E-state index contributed by atoms with van der Waals surface area (Å²) in [5.74, 6) is -0.0722. The van der Waals surface area contributed by atoms with Gasteiger partial charge in [-0.25, -0.2) is 0 Å². The lowest BCUT2D eigenvalue weighted by Gasteiger charge is -2.27. The molecule has 0 spiro atoms. The molecule has 1 aliphatic rings. The SMILES string of the molecule is CC(C)[C@@H]1CC(=O)NC(SCC(=O)Nc2ccc(Br)cc2)=C1C#N. The third-order valence-corrected chi connectivity index (χ3v) is 5.22. The standard InChI is InChI=1S/C17H18BrN3O2S/c1-10(2)13-7-15(22)21-17(14(13)8-19)24-9-16(23)20-12-5-3-11(18)4-6-12/h3-6,10,13H,7,9H2,1-2H3,(H,20,23)(H,21,22)/t13-/m0/s1. The summed E-state index contributed by atoms with van der Waals surface area (Å²) in [4.78, 5) is 23.9. The second kappa shape index (κ2) is 8.36. The van der Waals surface area contributed by atoms with Gasteiger partial charge in [0.15, 0.2) is 0 Å². The van der Waals surface area contributed by atoms with E-state index in [-0.39, 0.29) is 29.4 Å². The largest absolute Gasteiger partial charge is 0.325 e. The maximum atomic E-state index is 12.1. The molecule has 0 fully saturated rings. The van der Waals surface area contributed by atoms with E-state index in [0.29, 0.717) is 22.7 Å². The summed E-state index contributed by atoms with van der Waals surface area (Å²) < 4.78 is 0.934. The van der Waals surface area contributed by atoms with Gasteiger partial charge in [-0.2, -0.15) is 5.26 Å². The highest BCUT2D eigenvalue weighted by Gasteiger charge is 2.30. The molecule has 0 saturated heterocycles. The second-order valence-electron chi connectivity index (χ2n) is 5.80. The number of benzene rings is 1. The Labute approximate surface area is 154 Å². The Morgan fingerprint density at radius 2 is 2.12 bits per heavy atom. The summed E-state index contributed by atoms with van der Waals surface area (Å²) in [5, 5.41) is 15.4. The molecule has 0 saturated carbocycles. The molecular formula is C17H18BrN3O2S. The van der Waals surface area contributed by atoms with Gasteiger partial charge in [-0.05, 0) is 30.2 Å². The number of nitriles is 1. The van der Waals surface area contributed by atoms with E-state index in [9.17, 15) is 14.9 Å². The monoisotopic (exact) mass is 407 g/mol. The van der Waals surface area contributed by atoms with Gasteiger partial charge in [0, 0.05) is 22.5 Å². The Bertz CT molecular complexity index is 708. The number of carbonyl (C=O) groups excluding carboxylic acids is 2. The minimum absolute atomic E-state index is 0.0965. The second-order valence-corrected chi connectivity index (χ2v) is 7.70. The van der Waals surface area contributed by atoms with Crippen LogP contribution in [0.2, 0.25) is 0 Å². The number of nitrogens with zero attached hydrogens (tertiary/aromatic N) is 1. The molecule has 2 N–H and O–H groups in total. The molecule has 0 aromatic heterocycles. The van der Waals surface area contributed by atoms with Crippen molar-refractivity contribution in [2.45, 2.75) is 20.3 Å². The molecule has 0 aliphatic carbocycles. The van der Waals surface area contributed by atoms with Gasteiger partial charge in [0.1, 0.15) is 0 Å². The summed E-state index contributed by atoms with van der Waals surface area (Å²) >= 11 is 4.53. The Morgan fingerprint density at radius 1 is 1.46 bits per heavy atom. The molecule has 0 unspecified atom stereocenters. The zero-order valence-electron chi connectivity index (χ0n) is 13.4. The quantitative estimate of drug-likeness (QED) is 0.779. The lowest BCUT2D eigenvalue weighted by atomic mass is 9.84. The van der Waals surface area contributed by atoms with E-state index in [1.807, 2.05) is 26.0 Å². The first-order valence-electron chi connectivity index (χ1n) is 7.53. The van der Waals surface area contributed by atoms with Crippen LogP contribution in [0.5, 0.6) is 0 Å². The molecule has 5 nitrogen and oxygen atoms in total. The molecule has 2 amide bonds. The van der Waals surface area contributed by atoms with Crippen molar-refractivity contribution in [3.05, 3.63) is 39.3 Å². The molecule has 0 bridgehead atoms. The van der Waals surface area contributed by atoms with Gasteiger partial charge < -0.3 is 10.6 Å². The van der Waals surface area contributed by atoms with E-state index in [1.165, 1.54) is 11.8 Å². The molecule has 1 atom stereocenters. The van der Waals surface area contributed by atoms with Crippen molar-refractivity contribution in [3.63, 3.8) is 0 Å². The van der Waals surface area contributed by atoms with E-state index >= 15 is 0 Å². The van der Waals surface area contributed by atoms with E-state index in [2.05, 4.69) is 32.6 Å². The Balaban J connectivity index is 2.03. The topological polar surface area (TPSA) is 82.0 Å². The van der Waals surface area contributed by atoms with Crippen LogP contribution in [-0.2, 0) is 9.59 Å². The Morgan fingerprint density at radius 3 is 2.71 bits per heavy atom. The van der Waals surface area contributed by atoms with E-state index in [0.717, 1.165) is 4.47 Å². The van der Waals surface area contributed by atoms with Crippen LogP contribution in [0.25, 0.3) is 0 Å². The van der Waals surface area contributed by atoms with Crippen molar-refractivity contribution in [1.29, 1.82) is 5.26 Å². The number of amides is 2. The van der Waals surface area contributed by atoms with Gasteiger partial charge in [0.05, 0.1) is 22.4 Å². The first kappa shape index (κ1) is 18.6. The Kier molecular flexibility index (Phi) is 6.46. The van der Waals surface area contributed by atoms with Crippen LogP contribution >= 0.6 is 27.7 Å². The van der Waals surface area contributed by atoms with E-state index in [1.54, 1.807) is 12.1 Å². The third-order valence-electron chi connectivity index (χ3n) is 3.67. The number of hydrogen-bond donors (Lipinski definition) is 2. The lowest BCUT2D eigenvalue weighted by molar-refractivity contribution is -0.121. The zero-order valence-corrected chi connectivity index (χ0v) is 15.8. The predicted molar refractivity (Wildman–Crippen MR) is 99.0 cm³/mol. The molecule has 1 heterocycles. The average molecular weight is 408 g/mol. The van der Waals surface area contributed by atoms with Crippen molar-refractivity contribution >= 4 is 45.2 Å². The molecule has 0 radical (unpaired) electrons. The van der Waals surface area contributed by atoms with Gasteiger partial charge in [-0.1, -0.05) is 41.5 Å². The van der Waals surface area contributed by atoms with Crippen LogP contribution in [0.1, 0.15) is 20.3 Å². The highest BCUT2D eigenvalue weighted by atomic mass is 79.9. The van der Waals surface area contributed by atoms with Crippen LogP contribution in [0.15, 0.2) is 39.3 Å². The van der Waals surface area contributed by atoms with Gasteiger partial charge in [-0.15, -0.1) is 0 Å². The van der Waals surface area contributed by atoms with E-state index < -0.39 is 0 Å². The predicted octanol–water partition coefficient (Wildman–Crippen LogP) is 3.65. The third kappa shape index (κ3) is 4.86. The fraction of sp³-hybridized carbons (Fsp3) is 0.353. The summed E-state index contributed by atoms with van der Waals surface area (Å²) in [6.07, 6.45) is 0.315. The van der Waals surface area contributed by atoms with Gasteiger partial charge >= 0.3 is 0 Å². The van der Waals surface area contributed by atoms with Crippen LogP contribution in [0.3, 0.4) is 0 Å². The molecular weight excluding hydrogens is 390 g/mol. The van der Waals surface area contributed by atoms with Crippen LogP contribution in [0.4, 0.5) is 5.69 Å². The highest BCUT2D eigenvalue weighted by molar-refractivity contribution is 9.10. The minimum Gasteiger partial charge on any atom is -0.325 e. The van der Waals surface area contributed by atoms with Crippen LogP contribution in [-0.4, -0.2) is 17.6 Å².